The molecule has 0 spiro atoms. The Morgan fingerprint density at radius 3 is 2.14 bits per heavy atom. The summed E-state index contributed by atoms with van der Waals surface area (Å²) in [6.45, 7) is 8.24. The number of piperidine rings is 1. The molecular weight excluding hydrogens is 596 g/mol. The minimum Gasteiger partial charge on any atom is -0.342 e. The largest absolute Gasteiger partial charge is 0.342 e. The lowest BCUT2D eigenvalue weighted by molar-refractivity contribution is -0.158. The van der Waals surface area contributed by atoms with Crippen LogP contribution in [0.5, 0.6) is 0 Å². The van der Waals surface area contributed by atoms with Crippen LogP contribution in [-0.2, 0) is 4.79 Å². The van der Waals surface area contributed by atoms with Crippen molar-refractivity contribution in [1.82, 2.24) is 9.80 Å². The molecule has 0 radical (unpaired) electrons. The van der Waals surface area contributed by atoms with E-state index < -0.39 is 0 Å². The molecule has 4 aliphatic rings. The van der Waals surface area contributed by atoms with Crippen molar-refractivity contribution >= 4 is 27.7 Å². The van der Waals surface area contributed by atoms with Crippen molar-refractivity contribution in [1.29, 1.82) is 0 Å². The van der Waals surface area contributed by atoms with Crippen LogP contribution in [-0.4, -0.2) is 47.3 Å². The normalized spacial score (nSPS) is 33.6. The zero-order valence-electron chi connectivity index (χ0n) is 27.7. The van der Waals surface area contributed by atoms with Gasteiger partial charge in [-0.1, -0.05) is 94.5 Å². The number of unbranched alkanes of at least 4 members (excludes halogenated alkanes) is 9. The molecule has 7 atom stereocenters. The van der Waals surface area contributed by atoms with E-state index in [1.165, 1.54) is 83.5 Å². The summed E-state index contributed by atoms with van der Waals surface area (Å²) in [5, 5.41) is 0. The van der Waals surface area contributed by atoms with E-state index >= 15 is 0 Å². The monoisotopic (exact) mass is 654 g/mol. The lowest BCUT2D eigenvalue weighted by Crippen LogP contribution is -2.62. The summed E-state index contributed by atoms with van der Waals surface area (Å²) in [6.07, 6.45) is 22.2. The molecule has 1 aliphatic heterocycles. The first kappa shape index (κ1) is 33.0. The molecule has 2 amide bonds. The average Bonchev–Trinajstić information content (AvgIpc) is 3.35. The maximum absolute atomic E-state index is 14.2. The first-order chi connectivity index (χ1) is 20.7. The summed E-state index contributed by atoms with van der Waals surface area (Å²) in [6, 6.07) is 8.78. The van der Waals surface area contributed by atoms with Crippen molar-refractivity contribution in [3.8, 4) is 0 Å². The Morgan fingerprint density at radius 1 is 0.837 bits per heavy atom. The van der Waals surface area contributed by atoms with Gasteiger partial charge in [-0.3, -0.25) is 9.59 Å². The maximum atomic E-state index is 14.2. The highest BCUT2D eigenvalue weighted by atomic mass is 79.9. The molecule has 0 unspecified atom stereocenters. The number of amides is 2. The molecule has 5 rings (SSSR count). The van der Waals surface area contributed by atoms with Gasteiger partial charge in [0.05, 0.1) is 0 Å². The number of nitrogens with zero attached hydrogens (tertiary/aromatic N) is 2. The van der Waals surface area contributed by atoms with E-state index in [-0.39, 0.29) is 16.7 Å². The van der Waals surface area contributed by atoms with Crippen LogP contribution in [0.25, 0.3) is 0 Å². The first-order valence-corrected chi connectivity index (χ1v) is 18.8. The molecule has 4 fully saturated rings. The van der Waals surface area contributed by atoms with Gasteiger partial charge in [-0.2, -0.15) is 0 Å². The number of benzene rings is 1. The Labute approximate surface area is 271 Å². The van der Waals surface area contributed by atoms with Gasteiger partial charge in [-0.05, 0) is 104 Å². The molecule has 1 aromatic carbocycles. The summed E-state index contributed by atoms with van der Waals surface area (Å²) >= 11 is 3.56. The average molecular weight is 656 g/mol. The minimum atomic E-state index is 0.185. The van der Waals surface area contributed by atoms with Crippen molar-refractivity contribution in [2.75, 3.05) is 13.6 Å². The van der Waals surface area contributed by atoms with Crippen LogP contribution in [0.15, 0.2) is 28.7 Å². The van der Waals surface area contributed by atoms with E-state index in [4.69, 9.17) is 0 Å². The molecule has 1 heterocycles. The molecule has 3 saturated carbocycles. The van der Waals surface area contributed by atoms with Crippen LogP contribution < -0.4 is 0 Å². The highest BCUT2D eigenvalue weighted by Gasteiger charge is 2.62. The first-order valence-electron chi connectivity index (χ1n) is 18.0. The van der Waals surface area contributed by atoms with Gasteiger partial charge in [0.15, 0.2) is 0 Å². The summed E-state index contributed by atoms with van der Waals surface area (Å²) in [5.74, 6) is 2.70. The van der Waals surface area contributed by atoms with Crippen LogP contribution in [0.1, 0.15) is 147 Å². The fourth-order valence-electron chi connectivity index (χ4n) is 10.6. The second kappa shape index (κ2) is 14.4. The van der Waals surface area contributed by atoms with Crippen LogP contribution >= 0.6 is 15.9 Å². The number of halogens is 1. The zero-order valence-corrected chi connectivity index (χ0v) is 29.3. The SMILES string of the molecule is CCCCCCCCCCCCN(C(=O)c1ccc(Br)cc1)[C@H]1CC[C@H]2[C@@H]3CC[C@H]4N(C)C(=O)CC[C@]4(C)[C@H]3CC[C@]12C. The van der Waals surface area contributed by atoms with Gasteiger partial charge in [0, 0.05) is 42.1 Å². The summed E-state index contributed by atoms with van der Waals surface area (Å²) in [4.78, 5) is 31.3. The molecule has 1 aromatic rings. The van der Waals surface area contributed by atoms with E-state index in [1.54, 1.807) is 0 Å². The number of rotatable bonds is 13. The third-order valence-corrected chi connectivity index (χ3v) is 13.5. The van der Waals surface area contributed by atoms with E-state index in [0.29, 0.717) is 36.2 Å². The second-order valence-corrected chi connectivity index (χ2v) is 16.2. The fourth-order valence-corrected chi connectivity index (χ4v) is 10.8. The highest BCUT2D eigenvalue weighted by molar-refractivity contribution is 9.10. The molecule has 0 N–H and O–H groups in total. The number of carbonyl (C=O) groups is 2. The molecule has 3 aliphatic carbocycles. The fraction of sp³-hybridized carbons (Fsp3) is 0.789. The van der Waals surface area contributed by atoms with E-state index in [2.05, 4.69) is 53.5 Å². The van der Waals surface area contributed by atoms with Gasteiger partial charge in [0.1, 0.15) is 0 Å². The molecule has 1 saturated heterocycles. The Bertz CT molecular complexity index is 1090. The number of hydrogen-bond donors (Lipinski definition) is 0. The second-order valence-electron chi connectivity index (χ2n) is 15.3. The van der Waals surface area contributed by atoms with Gasteiger partial charge < -0.3 is 9.80 Å². The van der Waals surface area contributed by atoms with Crippen molar-refractivity contribution in [3.05, 3.63) is 34.3 Å². The predicted octanol–water partition coefficient (Wildman–Crippen LogP) is 10.0. The number of fused-ring (bicyclic) bond motifs is 5. The van der Waals surface area contributed by atoms with Crippen LogP contribution in [0.3, 0.4) is 0 Å². The predicted molar refractivity (Wildman–Crippen MR) is 181 cm³/mol. The smallest absolute Gasteiger partial charge is 0.254 e. The van der Waals surface area contributed by atoms with Gasteiger partial charge in [-0.15, -0.1) is 0 Å². The zero-order chi connectivity index (χ0) is 30.6. The summed E-state index contributed by atoms with van der Waals surface area (Å²) in [7, 11) is 2.06. The summed E-state index contributed by atoms with van der Waals surface area (Å²) < 4.78 is 1.02. The van der Waals surface area contributed by atoms with Gasteiger partial charge in [0.25, 0.3) is 5.91 Å². The number of carbonyl (C=O) groups excluding carboxylic acids is 2. The van der Waals surface area contributed by atoms with Crippen molar-refractivity contribution in [3.63, 3.8) is 0 Å². The Morgan fingerprint density at radius 2 is 1.47 bits per heavy atom. The molecule has 5 heteroatoms. The maximum Gasteiger partial charge on any atom is 0.254 e. The molecule has 4 nitrogen and oxygen atoms in total. The number of hydrogen-bond acceptors (Lipinski definition) is 2. The highest BCUT2D eigenvalue weighted by Crippen LogP contribution is 2.65. The molecule has 240 valence electrons. The van der Waals surface area contributed by atoms with Gasteiger partial charge in [0.2, 0.25) is 5.91 Å². The third kappa shape index (κ3) is 6.77. The molecule has 0 aromatic heterocycles. The molecule has 43 heavy (non-hydrogen) atoms. The Kier molecular flexibility index (Phi) is 11.0. The minimum absolute atomic E-state index is 0.185. The molecule has 0 bridgehead atoms. The van der Waals surface area contributed by atoms with E-state index in [1.807, 2.05) is 24.3 Å². The third-order valence-electron chi connectivity index (χ3n) is 13.0. The van der Waals surface area contributed by atoms with Crippen molar-refractivity contribution in [2.24, 2.45) is 28.6 Å². The van der Waals surface area contributed by atoms with Crippen molar-refractivity contribution in [2.45, 2.75) is 148 Å². The van der Waals surface area contributed by atoms with Crippen molar-refractivity contribution < 1.29 is 9.59 Å². The van der Waals surface area contributed by atoms with Gasteiger partial charge in [-0.25, -0.2) is 0 Å². The number of likely N-dealkylation sites (tertiary alicyclic amines) is 1. The molecular formula is C38H59BrN2O2. The standard InChI is InChI=1S/C38H59BrN2O2/c1-5-6-7-8-9-10-11-12-13-14-27-41(36(43)28-15-17-29(39)18-16-28)34-22-20-31-30-19-21-33-37(2,26-24-35(42)40(33)4)32(30)23-25-38(31,34)3/h15-18,30-34H,5-14,19-27H2,1-4H3/t30-,31-,32-,33+,34-,37+,38-/m0/s1. The van der Waals surface area contributed by atoms with E-state index in [0.717, 1.165) is 48.2 Å². The van der Waals surface area contributed by atoms with Crippen LogP contribution in [0.2, 0.25) is 0 Å². The Balaban J connectivity index is 1.26. The van der Waals surface area contributed by atoms with Crippen LogP contribution in [0.4, 0.5) is 0 Å². The van der Waals surface area contributed by atoms with E-state index in [9.17, 15) is 9.59 Å². The van der Waals surface area contributed by atoms with Gasteiger partial charge >= 0.3 is 0 Å². The topological polar surface area (TPSA) is 40.6 Å². The Hall–Kier alpha value is -1.36. The lowest BCUT2D eigenvalue weighted by Gasteiger charge is -2.62. The summed E-state index contributed by atoms with van der Waals surface area (Å²) in [5.41, 5.74) is 1.26. The van der Waals surface area contributed by atoms with Crippen LogP contribution in [0, 0.1) is 28.6 Å². The quantitative estimate of drug-likeness (QED) is 0.199. The lowest BCUT2D eigenvalue weighted by atomic mass is 9.47.